The van der Waals surface area contributed by atoms with Crippen LogP contribution in [-0.4, -0.2) is 68.4 Å². The van der Waals surface area contributed by atoms with E-state index >= 15 is 0 Å². The van der Waals surface area contributed by atoms with E-state index in [1.165, 1.54) is 4.90 Å². The van der Waals surface area contributed by atoms with Crippen molar-refractivity contribution in [1.29, 1.82) is 0 Å². The minimum absolute atomic E-state index is 0.0309. The quantitative estimate of drug-likeness (QED) is 0.232. The van der Waals surface area contributed by atoms with Crippen molar-refractivity contribution >= 4 is 18.0 Å². The van der Waals surface area contributed by atoms with E-state index in [9.17, 15) is 19.6 Å². The van der Waals surface area contributed by atoms with E-state index < -0.39 is 23.6 Å². The second kappa shape index (κ2) is 9.38. The van der Waals surface area contributed by atoms with Gasteiger partial charge in [0.05, 0.1) is 5.54 Å². The maximum atomic E-state index is 13.4. The first-order valence-corrected chi connectivity index (χ1v) is 11.2. The highest BCUT2D eigenvalue weighted by Gasteiger charge is 2.57. The summed E-state index contributed by atoms with van der Waals surface area (Å²) in [7, 11) is 0. The molecule has 1 saturated heterocycles. The molecule has 170 valence electrons. The van der Waals surface area contributed by atoms with E-state index in [1.54, 1.807) is 18.7 Å². The third kappa shape index (κ3) is 4.49. The third-order valence-corrected chi connectivity index (χ3v) is 6.85. The first-order chi connectivity index (χ1) is 14.3. The van der Waals surface area contributed by atoms with Gasteiger partial charge in [0.25, 0.3) is 5.91 Å². The molecule has 2 saturated carbocycles. The molecule has 3 fully saturated rings. The fraction of sp³-hybridized carbons (Fsp3) is 0.850. The van der Waals surface area contributed by atoms with Gasteiger partial charge in [-0.3, -0.25) is 20.3 Å². The highest BCUT2D eigenvalue weighted by atomic mass is 16.5. The molecular formula is C20H36N6O4. The summed E-state index contributed by atoms with van der Waals surface area (Å²) in [5.74, 6) is 4.73. The summed E-state index contributed by atoms with van der Waals surface area (Å²) >= 11 is 0. The van der Waals surface area contributed by atoms with Gasteiger partial charge >= 0.3 is 12.1 Å². The van der Waals surface area contributed by atoms with E-state index in [-0.39, 0.29) is 24.7 Å². The molecule has 0 aromatic heterocycles. The first kappa shape index (κ1) is 22.6. The minimum Gasteiger partial charge on any atom is -0.333 e. The topological polar surface area (TPSA) is 131 Å². The normalized spacial score (nSPS) is 25.3. The second-order valence-corrected chi connectivity index (χ2v) is 9.29. The maximum Gasteiger partial charge on any atom is 0.343 e. The number of hydrogen-bond donors (Lipinski definition) is 4. The van der Waals surface area contributed by atoms with Crippen LogP contribution in [-0.2, 0) is 4.79 Å². The Morgan fingerprint density at radius 1 is 1.10 bits per heavy atom. The zero-order valence-corrected chi connectivity index (χ0v) is 18.1. The number of carbonyl (C=O) groups is 3. The van der Waals surface area contributed by atoms with Gasteiger partial charge in [-0.1, -0.05) is 38.5 Å². The van der Waals surface area contributed by atoms with Gasteiger partial charge in [0.15, 0.2) is 6.17 Å². The summed E-state index contributed by atoms with van der Waals surface area (Å²) in [5, 5.41) is 14.6. The van der Waals surface area contributed by atoms with Crippen molar-refractivity contribution in [2.24, 2.45) is 5.84 Å². The van der Waals surface area contributed by atoms with Crippen LogP contribution < -0.4 is 16.6 Å². The van der Waals surface area contributed by atoms with Gasteiger partial charge < -0.3 is 10.2 Å². The third-order valence-electron chi connectivity index (χ3n) is 6.85. The number of amides is 5. The Morgan fingerprint density at radius 2 is 1.67 bits per heavy atom. The molecular weight excluding hydrogens is 388 g/mol. The average molecular weight is 425 g/mol. The van der Waals surface area contributed by atoms with Gasteiger partial charge in [-0.15, -0.1) is 0 Å². The standard InChI is InChI=1S/C20H36N6O4/c1-20(2)17(26(30)18(28)22-14-9-5-3-6-10-14)25(15-11-7-4-8-12-15)19(29)24(20)13-16(27)23-21/h14-15,17,30H,3-13,21H2,1-2H3,(H,22,28)(H,23,27). The van der Waals surface area contributed by atoms with Crippen LogP contribution in [0.2, 0.25) is 0 Å². The first-order valence-electron chi connectivity index (χ1n) is 11.2. The molecule has 5 amide bonds. The number of nitrogens with two attached hydrogens (primary N) is 1. The van der Waals surface area contributed by atoms with Gasteiger partial charge in [0, 0.05) is 12.1 Å². The molecule has 1 aliphatic heterocycles. The average Bonchev–Trinajstić information content (AvgIpc) is 2.94. The zero-order chi connectivity index (χ0) is 21.9. The molecule has 1 atom stereocenters. The predicted octanol–water partition coefficient (Wildman–Crippen LogP) is 1.88. The Balaban J connectivity index is 1.84. The molecule has 10 nitrogen and oxygen atoms in total. The highest BCUT2D eigenvalue weighted by Crippen LogP contribution is 2.38. The number of hydrogen-bond acceptors (Lipinski definition) is 5. The van der Waals surface area contributed by atoms with Crippen molar-refractivity contribution in [1.82, 2.24) is 25.6 Å². The summed E-state index contributed by atoms with van der Waals surface area (Å²) in [6.45, 7) is 3.29. The Bertz CT molecular complexity index is 645. The van der Waals surface area contributed by atoms with Crippen LogP contribution in [0, 0.1) is 0 Å². The number of hydroxylamine groups is 2. The van der Waals surface area contributed by atoms with Gasteiger partial charge in [-0.05, 0) is 39.5 Å². The van der Waals surface area contributed by atoms with E-state index in [1.807, 2.05) is 0 Å². The molecule has 30 heavy (non-hydrogen) atoms. The van der Waals surface area contributed by atoms with E-state index in [2.05, 4.69) is 10.7 Å². The SMILES string of the molecule is CC1(C)C(N(O)C(=O)NC2CCCCC2)N(C2CCCCC2)C(=O)N1CC(=O)NN. The lowest BCUT2D eigenvalue weighted by Gasteiger charge is -2.41. The molecule has 0 radical (unpaired) electrons. The lowest BCUT2D eigenvalue weighted by Crippen LogP contribution is -2.61. The van der Waals surface area contributed by atoms with E-state index in [0.29, 0.717) is 5.06 Å². The largest absolute Gasteiger partial charge is 0.343 e. The number of urea groups is 2. The Kier molecular flexibility index (Phi) is 7.07. The van der Waals surface area contributed by atoms with Crippen molar-refractivity contribution in [3.05, 3.63) is 0 Å². The smallest absolute Gasteiger partial charge is 0.333 e. The van der Waals surface area contributed by atoms with Crippen molar-refractivity contribution in [3.8, 4) is 0 Å². The van der Waals surface area contributed by atoms with E-state index in [4.69, 9.17) is 5.84 Å². The summed E-state index contributed by atoms with van der Waals surface area (Å²) in [6, 6.07) is -1.01. The zero-order valence-electron chi connectivity index (χ0n) is 18.1. The van der Waals surface area contributed by atoms with Crippen LogP contribution in [0.3, 0.4) is 0 Å². The molecule has 3 rings (SSSR count). The van der Waals surface area contributed by atoms with Crippen LogP contribution >= 0.6 is 0 Å². The van der Waals surface area contributed by atoms with Crippen LogP contribution in [0.4, 0.5) is 9.59 Å². The molecule has 3 aliphatic rings. The monoisotopic (exact) mass is 424 g/mol. The second-order valence-electron chi connectivity index (χ2n) is 9.29. The summed E-state index contributed by atoms with van der Waals surface area (Å²) in [4.78, 5) is 41.2. The Morgan fingerprint density at radius 3 is 2.23 bits per heavy atom. The van der Waals surface area contributed by atoms with Crippen molar-refractivity contribution < 1.29 is 19.6 Å². The van der Waals surface area contributed by atoms with Crippen LogP contribution in [0.5, 0.6) is 0 Å². The molecule has 5 N–H and O–H groups in total. The van der Waals surface area contributed by atoms with Crippen molar-refractivity contribution in [2.45, 2.75) is 102 Å². The van der Waals surface area contributed by atoms with Crippen molar-refractivity contribution in [2.75, 3.05) is 6.54 Å². The Labute approximate surface area is 178 Å². The fourth-order valence-electron chi connectivity index (χ4n) is 5.16. The summed E-state index contributed by atoms with van der Waals surface area (Å²) < 4.78 is 0. The van der Waals surface area contributed by atoms with Crippen LogP contribution in [0.1, 0.15) is 78.1 Å². The predicted molar refractivity (Wildman–Crippen MR) is 110 cm³/mol. The maximum absolute atomic E-state index is 13.4. The fourth-order valence-corrected chi connectivity index (χ4v) is 5.16. The van der Waals surface area contributed by atoms with Gasteiger partial charge in [0.2, 0.25) is 0 Å². The number of rotatable bonds is 5. The number of nitrogens with zero attached hydrogens (tertiary/aromatic N) is 3. The number of hydrazine groups is 1. The summed E-state index contributed by atoms with van der Waals surface area (Å²) in [5.41, 5.74) is 1.07. The van der Waals surface area contributed by atoms with E-state index in [0.717, 1.165) is 64.2 Å². The van der Waals surface area contributed by atoms with Gasteiger partial charge in [-0.2, -0.15) is 5.06 Å². The molecule has 0 spiro atoms. The molecule has 0 aromatic rings. The number of nitrogens with one attached hydrogen (secondary N) is 2. The van der Waals surface area contributed by atoms with Crippen LogP contribution in [0.15, 0.2) is 0 Å². The molecule has 0 bridgehead atoms. The van der Waals surface area contributed by atoms with Crippen LogP contribution in [0.25, 0.3) is 0 Å². The molecule has 10 heteroatoms. The molecule has 0 aromatic carbocycles. The lowest BCUT2D eigenvalue weighted by atomic mass is 9.92. The molecule has 2 aliphatic carbocycles. The highest BCUT2D eigenvalue weighted by molar-refractivity contribution is 5.87. The van der Waals surface area contributed by atoms with Crippen molar-refractivity contribution in [3.63, 3.8) is 0 Å². The molecule has 1 unspecified atom stereocenters. The van der Waals surface area contributed by atoms with Gasteiger partial charge in [0.1, 0.15) is 6.54 Å². The molecule has 1 heterocycles. The summed E-state index contributed by atoms with van der Waals surface area (Å²) in [6.07, 6.45) is 8.87. The minimum atomic E-state index is -0.986. The number of carbonyl (C=O) groups excluding carboxylic acids is 3. The Hall–Kier alpha value is -2.07. The van der Waals surface area contributed by atoms with Gasteiger partial charge in [-0.25, -0.2) is 15.4 Å². The lowest BCUT2D eigenvalue weighted by molar-refractivity contribution is -0.143.